The molecule has 0 aliphatic rings. The molecule has 0 aromatic rings. The zero-order chi connectivity index (χ0) is 20.5. The molecule has 27 heavy (non-hydrogen) atoms. The normalized spacial score (nSPS) is 12.6. The largest absolute Gasteiger partial charge is 0.444 e. The Morgan fingerprint density at radius 1 is 0.778 bits per heavy atom. The number of ether oxygens (including phenoxy) is 1. The van der Waals surface area contributed by atoms with Gasteiger partial charge in [0.2, 0.25) is 0 Å². The summed E-state index contributed by atoms with van der Waals surface area (Å²) in [6, 6.07) is -0.475. The number of hydrogen-bond donors (Lipinski definition) is 1. The first kappa shape index (κ1) is 25.9. The van der Waals surface area contributed by atoms with Crippen LogP contribution in [0.5, 0.6) is 0 Å². The van der Waals surface area contributed by atoms with E-state index in [2.05, 4.69) is 12.2 Å². The predicted molar refractivity (Wildman–Crippen MR) is 114 cm³/mol. The van der Waals surface area contributed by atoms with Crippen molar-refractivity contribution in [1.82, 2.24) is 5.32 Å². The zero-order valence-electron chi connectivity index (χ0n) is 18.7. The van der Waals surface area contributed by atoms with Crippen LogP contribution in [-0.2, 0) is 9.53 Å². The van der Waals surface area contributed by atoms with E-state index in [4.69, 9.17) is 4.74 Å². The summed E-state index contributed by atoms with van der Waals surface area (Å²) < 4.78 is 5.18. The van der Waals surface area contributed by atoms with E-state index in [1.165, 1.54) is 70.6 Å². The smallest absolute Gasteiger partial charge is 0.408 e. The fourth-order valence-corrected chi connectivity index (χ4v) is 3.10. The maximum atomic E-state index is 12.1. The summed E-state index contributed by atoms with van der Waals surface area (Å²) in [5, 5.41) is 2.62. The second-order valence-corrected chi connectivity index (χ2v) is 8.83. The second-order valence-electron chi connectivity index (χ2n) is 8.83. The van der Waals surface area contributed by atoms with Gasteiger partial charge in [0.15, 0.2) is 5.78 Å². The molecule has 0 aliphatic heterocycles. The van der Waals surface area contributed by atoms with Crippen LogP contribution in [0, 0.1) is 0 Å². The van der Waals surface area contributed by atoms with E-state index in [1.807, 2.05) is 20.8 Å². The zero-order valence-corrected chi connectivity index (χ0v) is 18.7. The number of carbonyl (C=O) groups is 2. The average Bonchev–Trinajstić information content (AvgIpc) is 2.57. The summed E-state index contributed by atoms with van der Waals surface area (Å²) in [7, 11) is 0. The minimum absolute atomic E-state index is 0.0870. The number of amides is 1. The highest BCUT2D eigenvalue weighted by Crippen LogP contribution is 2.13. The van der Waals surface area contributed by atoms with Crippen molar-refractivity contribution in [2.45, 2.75) is 136 Å². The molecule has 4 nitrogen and oxygen atoms in total. The van der Waals surface area contributed by atoms with Gasteiger partial charge in [-0.15, -0.1) is 0 Å². The number of ketones is 1. The van der Waals surface area contributed by atoms with E-state index in [0.29, 0.717) is 6.42 Å². The highest BCUT2D eigenvalue weighted by molar-refractivity contribution is 5.86. The fraction of sp³-hybridized carbons (Fsp3) is 0.913. The number of carbonyl (C=O) groups excluding carboxylic acids is 2. The first-order valence-corrected chi connectivity index (χ1v) is 11.3. The van der Waals surface area contributed by atoms with Crippen molar-refractivity contribution < 1.29 is 14.3 Å². The van der Waals surface area contributed by atoms with Gasteiger partial charge in [0.1, 0.15) is 5.60 Å². The molecule has 0 saturated heterocycles. The number of unbranched alkanes of at least 4 members (excludes halogenated alkanes) is 12. The average molecular weight is 384 g/mol. The Bertz CT molecular complexity index is 388. The Balaban J connectivity index is 3.48. The maximum Gasteiger partial charge on any atom is 0.408 e. The molecule has 0 spiro atoms. The van der Waals surface area contributed by atoms with Gasteiger partial charge in [-0.3, -0.25) is 4.79 Å². The summed E-state index contributed by atoms with van der Waals surface area (Å²) in [6.45, 7) is 9.43. The monoisotopic (exact) mass is 383 g/mol. The molecule has 0 aliphatic carbocycles. The Morgan fingerprint density at radius 3 is 1.59 bits per heavy atom. The van der Waals surface area contributed by atoms with Gasteiger partial charge in [0, 0.05) is 6.42 Å². The molecule has 0 rings (SSSR count). The molecule has 0 bridgehead atoms. The van der Waals surface area contributed by atoms with Crippen molar-refractivity contribution in [2.75, 3.05) is 0 Å². The van der Waals surface area contributed by atoms with Crippen LogP contribution in [0.25, 0.3) is 0 Å². The van der Waals surface area contributed by atoms with Gasteiger partial charge < -0.3 is 10.1 Å². The molecule has 0 fully saturated rings. The van der Waals surface area contributed by atoms with Crippen molar-refractivity contribution in [3.8, 4) is 0 Å². The van der Waals surface area contributed by atoms with Crippen LogP contribution in [0.3, 0.4) is 0 Å². The molecule has 0 aromatic carbocycles. The van der Waals surface area contributed by atoms with E-state index in [0.717, 1.165) is 12.8 Å². The minimum Gasteiger partial charge on any atom is -0.444 e. The fourth-order valence-electron chi connectivity index (χ4n) is 3.10. The van der Waals surface area contributed by atoms with E-state index in [9.17, 15) is 9.59 Å². The van der Waals surface area contributed by atoms with Crippen LogP contribution >= 0.6 is 0 Å². The standard InChI is InChI=1S/C23H45NO3/c1-6-7-8-9-10-11-12-13-14-15-16-17-18-19-21(25)20(2)24-22(26)27-23(3,4)5/h20H,6-19H2,1-5H3,(H,24,26)/t20-/m0/s1. The van der Waals surface area contributed by atoms with E-state index in [-0.39, 0.29) is 5.78 Å². The lowest BCUT2D eigenvalue weighted by Crippen LogP contribution is -2.41. The molecule has 4 heteroatoms. The van der Waals surface area contributed by atoms with Crippen LogP contribution in [0.2, 0.25) is 0 Å². The Hall–Kier alpha value is -1.06. The lowest BCUT2D eigenvalue weighted by atomic mass is 10.0. The first-order valence-electron chi connectivity index (χ1n) is 11.3. The summed E-state index contributed by atoms with van der Waals surface area (Å²) in [6.07, 6.45) is 16.9. The molecular formula is C23H45NO3. The number of Topliss-reactive ketones (excluding diaryl/α,β-unsaturated/α-hetero) is 1. The molecule has 0 aromatic heterocycles. The van der Waals surface area contributed by atoms with Gasteiger partial charge in [-0.2, -0.15) is 0 Å². The van der Waals surface area contributed by atoms with Crippen molar-refractivity contribution >= 4 is 11.9 Å². The topological polar surface area (TPSA) is 55.4 Å². The molecule has 1 atom stereocenters. The number of alkyl carbamates (subject to hydrolysis) is 1. The molecular weight excluding hydrogens is 338 g/mol. The van der Waals surface area contributed by atoms with Crippen LogP contribution < -0.4 is 5.32 Å². The Kier molecular flexibility index (Phi) is 15.3. The van der Waals surface area contributed by atoms with Crippen molar-refractivity contribution in [3.63, 3.8) is 0 Å². The summed E-state index contributed by atoms with van der Waals surface area (Å²) in [5.74, 6) is 0.0870. The van der Waals surface area contributed by atoms with E-state index in [1.54, 1.807) is 6.92 Å². The molecule has 160 valence electrons. The predicted octanol–water partition coefficient (Wildman–Crippen LogP) is 6.95. The van der Waals surface area contributed by atoms with Crippen molar-refractivity contribution in [1.29, 1.82) is 0 Å². The molecule has 0 radical (unpaired) electrons. The third kappa shape index (κ3) is 18.1. The molecule has 0 unspecified atom stereocenters. The van der Waals surface area contributed by atoms with Crippen LogP contribution in [0.1, 0.15) is 125 Å². The molecule has 0 heterocycles. The third-order valence-electron chi connectivity index (χ3n) is 4.74. The van der Waals surface area contributed by atoms with Crippen LogP contribution in [0.4, 0.5) is 4.79 Å². The summed E-state index contributed by atoms with van der Waals surface area (Å²) >= 11 is 0. The summed E-state index contributed by atoms with van der Waals surface area (Å²) in [4.78, 5) is 23.8. The molecule has 0 saturated carbocycles. The van der Waals surface area contributed by atoms with Crippen LogP contribution in [-0.4, -0.2) is 23.5 Å². The number of nitrogens with one attached hydrogen (secondary N) is 1. The summed E-state index contributed by atoms with van der Waals surface area (Å²) in [5.41, 5.74) is -0.540. The van der Waals surface area contributed by atoms with Gasteiger partial charge in [-0.1, -0.05) is 84.0 Å². The lowest BCUT2D eigenvalue weighted by Gasteiger charge is -2.21. The first-order chi connectivity index (χ1) is 12.8. The molecule has 1 N–H and O–H groups in total. The third-order valence-corrected chi connectivity index (χ3v) is 4.74. The number of hydrogen-bond acceptors (Lipinski definition) is 3. The highest BCUT2D eigenvalue weighted by Gasteiger charge is 2.20. The van der Waals surface area contributed by atoms with Gasteiger partial charge >= 0.3 is 6.09 Å². The second kappa shape index (κ2) is 15.9. The van der Waals surface area contributed by atoms with Gasteiger partial charge in [-0.25, -0.2) is 4.79 Å². The van der Waals surface area contributed by atoms with Crippen LogP contribution in [0.15, 0.2) is 0 Å². The lowest BCUT2D eigenvalue weighted by molar-refractivity contribution is -0.120. The highest BCUT2D eigenvalue weighted by atomic mass is 16.6. The Morgan fingerprint density at radius 2 is 1.19 bits per heavy atom. The van der Waals surface area contributed by atoms with E-state index >= 15 is 0 Å². The Labute approximate surface area is 168 Å². The maximum absolute atomic E-state index is 12.1. The van der Waals surface area contributed by atoms with Gasteiger partial charge in [-0.05, 0) is 34.1 Å². The quantitative estimate of drug-likeness (QED) is 0.293. The van der Waals surface area contributed by atoms with E-state index < -0.39 is 17.7 Å². The number of rotatable bonds is 16. The van der Waals surface area contributed by atoms with Gasteiger partial charge in [0.05, 0.1) is 6.04 Å². The van der Waals surface area contributed by atoms with Crippen molar-refractivity contribution in [2.24, 2.45) is 0 Å². The molecule has 1 amide bonds. The van der Waals surface area contributed by atoms with Gasteiger partial charge in [0.25, 0.3) is 0 Å². The SMILES string of the molecule is CCCCCCCCCCCCCCCC(=O)[C@H](C)NC(=O)OC(C)(C)C. The minimum atomic E-state index is -0.540. The van der Waals surface area contributed by atoms with Crippen molar-refractivity contribution in [3.05, 3.63) is 0 Å².